The molecule has 1 fully saturated rings. The maximum absolute atomic E-state index is 12.7. The highest BCUT2D eigenvalue weighted by molar-refractivity contribution is 6.07. The number of anilines is 1. The zero-order valence-electron chi connectivity index (χ0n) is 16.4. The van der Waals surface area contributed by atoms with E-state index in [-0.39, 0.29) is 5.75 Å². The second-order valence-electron chi connectivity index (χ2n) is 6.88. The number of amides is 1. The molecule has 1 amide bonds. The summed E-state index contributed by atoms with van der Waals surface area (Å²) in [6.45, 7) is 1.93. The fourth-order valence-electron chi connectivity index (χ4n) is 3.07. The Labute approximate surface area is 175 Å². The van der Waals surface area contributed by atoms with Crippen LogP contribution in [0.5, 0.6) is 5.75 Å². The van der Waals surface area contributed by atoms with E-state index in [0.29, 0.717) is 25.4 Å². The van der Waals surface area contributed by atoms with Crippen LogP contribution in [-0.4, -0.2) is 54.8 Å². The molecule has 2 aromatic carbocycles. The van der Waals surface area contributed by atoms with E-state index in [9.17, 15) is 28.1 Å². The van der Waals surface area contributed by atoms with Crippen molar-refractivity contribution in [3.05, 3.63) is 63.7 Å². The van der Waals surface area contributed by atoms with E-state index in [1.807, 2.05) is 6.07 Å². The van der Waals surface area contributed by atoms with Crippen LogP contribution in [0.3, 0.4) is 0 Å². The number of hydrogen-bond donors (Lipinski definition) is 1. The van der Waals surface area contributed by atoms with Gasteiger partial charge in [-0.1, -0.05) is 12.1 Å². The molecule has 1 heterocycles. The summed E-state index contributed by atoms with van der Waals surface area (Å²) in [6, 6.07) is 9.87. The molecule has 0 radical (unpaired) electrons. The molecule has 0 aromatic heterocycles. The molecule has 31 heavy (non-hydrogen) atoms. The molecule has 0 saturated carbocycles. The zero-order chi connectivity index (χ0) is 22.4. The molecule has 1 N–H and O–H groups in total. The van der Waals surface area contributed by atoms with Crippen LogP contribution >= 0.6 is 0 Å². The standard InChI is InChI=1S/C20H20F3N3O5/c21-20(22,23)13-31-16-4-5-18(26(28)29)17(11-16)19(27)24-15-3-1-2-14(10-15)12-25-6-8-30-9-7-25/h1-5,10-11H,6-9,12-13H2,(H,24,27). The SMILES string of the molecule is O=C(Nc1cccc(CN2CCOCC2)c1)c1cc(OCC(F)(F)F)ccc1[N+](=O)[O-]. The first kappa shape index (κ1) is 22.5. The predicted octanol–water partition coefficient (Wildman–Crippen LogP) is 3.62. The molecule has 3 rings (SSSR count). The number of nitro groups is 1. The van der Waals surface area contributed by atoms with E-state index < -0.39 is 34.9 Å². The molecule has 0 bridgehead atoms. The lowest BCUT2D eigenvalue weighted by Crippen LogP contribution is -2.35. The number of ether oxygens (including phenoxy) is 2. The van der Waals surface area contributed by atoms with Gasteiger partial charge in [0, 0.05) is 31.4 Å². The van der Waals surface area contributed by atoms with Crippen molar-refractivity contribution in [2.24, 2.45) is 0 Å². The Bertz CT molecular complexity index is 946. The molecular weight excluding hydrogens is 419 g/mol. The smallest absolute Gasteiger partial charge is 0.422 e. The van der Waals surface area contributed by atoms with E-state index in [1.165, 1.54) is 0 Å². The molecule has 8 nitrogen and oxygen atoms in total. The third kappa shape index (κ3) is 6.66. The number of nitrogens with one attached hydrogen (secondary N) is 1. The van der Waals surface area contributed by atoms with Crippen LogP contribution in [0.25, 0.3) is 0 Å². The second kappa shape index (κ2) is 9.75. The van der Waals surface area contributed by atoms with Crippen molar-refractivity contribution in [1.29, 1.82) is 0 Å². The largest absolute Gasteiger partial charge is 0.484 e. The van der Waals surface area contributed by atoms with Gasteiger partial charge in [-0.15, -0.1) is 0 Å². The Morgan fingerprint density at radius 3 is 2.61 bits per heavy atom. The molecule has 1 aliphatic heterocycles. The van der Waals surface area contributed by atoms with Crippen LogP contribution in [0.4, 0.5) is 24.5 Å². The van der Waals surface area contributed by atoms with Gasteiger partial charge in [0.15, 0.2) is 6.61 Å². The fraction of sp³-hybridized carbons (Fsp3) is 0.350. The molecule has 0 aliphatic carbocycles. The van der Waals surface area contributed by atoms with Gasteiger partial charge in [0.25, 0.3) is 11.6 Å². The lowest BCUT2D eigenvalue weighted by Gasteiger charge is -2.26. The minimum absolute atomic E-state index is 0.297. The van der Waals surface area contributed by atoms with Gasteiger partial charge in [-0.2, -0.15) is 13.2 Å². The van der Waals surface area contributed by atoms with Gasteiger partial charge < -0.3 is 14.8 Å². The van der Waals surface area contributed by atoms with Gasteiger partial charge in [-0.25, -0.2) is 0 Å². The number of morpholine rings is 1. The highest BCUT2D eigenvalue weighted by Crippen LogP contribution is 2.27. The van der Waals surface area contributed by atoms with E-state index in [0.717, 1.165) is 36.9 Å². The lowest BCUT2D eigenvalue weighted by molar-refractivity contribution is -0.385. The first-order valence-corrected chi connectivity index (χ1v) is 9.40. The molecule has 11 heteroatoms. The van der Waals surface area contributed by atoms with Crippen molar-refractivity contribution in [3.63, 3.8) is 0 Å². The average Bonchev–Trinajstić information content (AvgIpc) is 2.72. The first-order chi connectivity index (χ1) is 14.7. The summed E-state index contributed by atoms with van der Waals surface area (Å²) in [5.41, 5.74) is 0.396. The Kier molecular flexibility index (Phi) is 7.08. The number of hydrogen-bond acceptors (Lipinski definition) is 6. The Hall–Kier alpha value is -3.18. The van der Waals surface area contributed by atoms with Crippen molar-refractivity contribution in [2.75, 3.05) is 38.2 Å². The summed E-state index contributed by atoms with van der Waals surface area (Å²) in [5, 5.41) is 13.8. The van der Waals surface area contributed by atoms with E-state index in [1.54, 1.807) is 18.2 Å². The number of carbonyl (C=O) groups is 1. The van der Waals surface area contributed by atoms with Crippen molar-refractivity contribution < 1.29 is 32.4 Å². The number of benzene rings is 2. The van der Waals surface area contributed by atoms with Crippen LogP contribution in [-0.2, 0) is 11.3 Å². The summed E-state index contributed by atoms with van der Waals surface area (Å²) in [4.78, 5) is 25.4. The van der Waals surface area contributed by atoms with Crippen molar-refractivity contribution >= 4 is 17.3 Å². The summed E-state index contributed by atoms with van der Waals surface area (Å²) < 4.78 is 47.1. The summed E-state index contributed by atoms with van der Waals surface area (Å²) in [6.07, 6.45) is -4.58. The van der Waals surface area contributed by atoms with E-state index >= 15 is 0 Å². The molecule has 2 aromatic rings. The Balaban J connectivity index is 1.75. The summed E-state index contributed by atoms with van der Waals surface area (Å²) in [7, 11) is 0. The van der Waals surface area contributed by atoms with Crippen molar-refractivity contribution in [2.45, 2.75) is 12.7 Å². The molecule has 0 atom stereocenters. The number of halogens is 3. The van der Waals surface area contributed by atoms with Gasteiger partial charge >= 0.3 is 6.18 Å². The molecular formula is C20H20F3N3O5. The number of alkyl halides is 3. The molecule has 1 aliphatic rings. The number of nitro benzene ring substituents is 1. The van der Waals surface area contributed by atoms with Gasteiger partial charge in [0.05, 0.1) is 18.1 Å². The number of carbonyl (C=O) groups excluding carboxylic acids is 1. The predicted molar refractivity (Wildman–Crippen MR) is 105 cm³/mol. The minimum Gasteiger partial charge on any atom is -0.484 e. The van der Waals surface area contributed by atoms with Crippen LogP contribution in [0.1, 0.15) is 15.9 Å². The first-order valence-electron chi connectivity index (χ1n) is 9.40. The minimum atomic E-state index is -4.58. The van der Waals surface area contributed by atoms with Gasteiger partial charge in [0.2, 0.25) is 0 Å². The third-order valence-electron chi connectivity index (χ3n) is 4.51. The zero-order valence-corrected chi connectivity index (χ0v) is 16.4. The fourth-order valence-corrected chi connectivity index (χ4v) is 3.07. The summed E-state index contributed by atoms with van der Waals surface area (Å²) in [5.74, 6) is -1.12. The molecule has 0 spiro atoms. The molecule has 1 saturated heterocycles. The maximum Gasteiger partial charge on any atom is 0.422 e. The van der Waals surface area contributed by atoms with E-state index in [4.69, 9.17) is 4.74 Å². The Morgan fingerprint density at radius 1 is 1.19 bits per heavy atom. The third-order valence-corrected chi connectivity index (χ3v) is 4.51. The topological polar surface area (TPSA) is 93.9 Å². The van der Waals surface area contributed by atoms with Gasteiger partial charge in [-0.05, 0) is 29.8 Å². The van der Waals surface area contributed by atoms with Gasteiger partial charge in [0.1, 0.15) is 11.3 Å². The number of nitrogens with zero attached hydrogens (tertiary/aromatic N) is 2. The lowest BCUT2D eigenvalue weighted by atomic mass is 10.1. The van der Waals surface area contributed by atoms with Gasteiger partial charge in [-0.3, -0.25) is 19.8 Å². The van der Waals surface area contributed by atoms with Crippen LogP contribution < -0.4 is 10.1 Å². The maximum atomic E-state index is 12.7. The second-order valence-corrected chi connectivity index (χ2v) is 6.88. The van der Waals surface area contributed by atoms with E-state index in [2.05, 4.69) is 15.0 Å². The highest BCUT2D eigenvalue weighted by atomic mass is 19.4. The Morgan fingerprint density at radius 2 is 1.94 bits per heavy atom. The molecule has 166 valence electrons. The van der Waals surface area contributed by atoms with Crippen LogP contribution in [0, 0.1) is 10.1 Å². The highest BCUT2D eigenvalue weighted by Gasteiger charge is 2.29. The summed E-state index contributed by atoms with van der Waals surface area (Å²) >= 11 is 0. The molecule has 0 unspecified atom stereocenters. The van der Waals surface area contributed by atoms with Crippen LogP contribution in [0.2, 0.25) is 0 Å². The van der Waals surface area contributed by atoms with Crippen molar-refractivity contribution in [3.8, 4) is 5.75 Å². The van der Waals surface area contributed by atoms with Crippen LogP contribution in [0.15, 0.2) is 42.5 Å². The monoisotopic (exact) mass is 439 g/mol. The number of rotatable bonds is 7. The quantitative estimate of drug-likeness (QED) is 0.523. The average molecular weight is 439 g/mol. The normalized spacial score (nSPS) is 14.8. The van der Waals surface area contributed by atoms with Crippen molar-refractivity contribution in [1.82, 2.24) is 4.90 Å².